The van der Waals surface area contributed by atoms with Crippen LogP contribution in [-0.2, 0) is 14.8 Å². The van der Waals surface area contributed by atoms with Gasteiger partial charge in [0.05, 0.1) is 4.90 Å². The zero-order valence-corrected chi connectivity index (χ0v) is 17.4. The van der Waals surface area contributed by atoms with Crippen molar-refractivity contribution >= 4 is 21.8 Å². The Kier molecular flexibility index (Phi) is 7.74. The van der Waals surface area contributed by atoms with E-state index >= 15 is 0 Å². The molecule has 0 saturated heterocycles. The Morgan fingerprint density at radius 2 is 1.69 bits per heavy atom. The molecule has 0 radical (unpaired) electrons. The number of aryl methyl sites for hydroxylation is 1. The molecule has 0 aromatic heterocycles. The highest BCUT2D eigenvalue weighted by molar-refractivity contribution is 7.89. The Labute approximate surface area is 170 Å². The number of ether oxygens (including phenoxy) is 1. The monoisotopic (exact) mass is 419 g/mol. The summed E-state index contributed by atoms with van der Waals surface area (Å²) in [6, 6.07) is 12.5. The van der Waals surface area contributed by atoms with Crippen LogP contribution < -0.4 is 20.3 Å². The van der Waals surface area contributed by atoms with Crippen molar-refractivity contribution in [1.82, 2.24) is 15.6 Å². The fraction of sp³-hybridized carbons (Fsp3) is 0.300. The second-order valence-electron chi connectivity index (χ2n) is 6.51. The molecular formula is C20H25N3O5S. The van der Waals surface area contributed by atoms with Gasteiger partial charge in [-0.15, -0.1) is 0 Å². The highest BCUT2D eigenvalue weighted by Gasteiger charge is 2.17. The maximum absolute atomic E-state index is 12.2. The van der Waals surface area contributed by atoms with Gasteiger partial charge in [0.1, 0.15) is 5.75 Å². The summed E-state index contributed by atoms with van der Waals surface area (Å²) in [5, 5.41) is 0. The number of hydrazine groups is 1. The lowest BCUT2D eigenvalue weighted by Crippen LogP contribution is -2.43. The molecule has 0 saturated carbocycles. The first-order chi connectivity index (χ1) is 13.7. The minimum absolute atomic E-state index is 0.0602. The zero-order valence-electron chi connectivity index (χ0n) is 16.6. The molecule has 9 heteroatoms. The SMILES string of the molecule is CC[C@H](C)NS(=O)(=O)c1ccc(C(=O)NNC(=O)COc2ccccc2C)cc1. The Bertz CT molecular complexity index is 958. The van der Waals surface area contributed by atoms with Gasteiger partial charge >= 0.3 is 0 Å². The highest BCUT2D eigenvalue weighted by Crippen LogP contribution is 2.15. The van der Waals surface area contributed by atoms with Crippen LogP contribution >= 0.6 is 0 Å². The Morgan fingerprint density at radius 3 is 2.31 bits per heavy atom. The molecule has 8 nitrogen and oxygen atoms in total. The first-order valence-electron chi connectivity index (χ1n) is 9.13. The number of sulfonamides is 1. The van der Waals surface area contributed by atoms with E-state index in [0.29, 0.717) is 12.2 Å². The summed E-state index contributed by atoms with van der Waals surface area (Å²) in [5.41, 5.74) is 5.61. The summed E-state index contributed by atoms with van der Waals surface area (Å²) >= 11 is 0. The van der Waals surface area contributed by atoms with E-state index in [-0.39, 0.29) is 23.1 Å². The quantitative estimate of drug-likeness (QED) is 0.566. The number of hydrogen-bond acceptors (Lipinski definition) is 5. The number of rotatable bonds is 8. The molecule has 0 aliphatic heterocycles. The van der Waals surface area contributed by atoms with Crippen LogP contribution in [0.15, 0.2) is 53.4 Å². The minimum atomic E-state index is -3.65. The third kappa shape index (κ3) is 6.58. The van der Waals surface area contributed by atoms with Crippen LogP contribution in [0.4, 0.5) is 0 Å². The second kappa shape index (κ2) is 10.0. The van der Waals surface area contributed by atoms with E-state index in [1.807, 2.05) is 26.0 Å². The number of amides is 2. The lowest BCUT2D eigenvalue weighted by Gasteiger charge is -2.12. The molecule has 156 valence electrons. The van der Waals surface area contributed by atoms with Gasteiger partial charge in [0.25, 0.3) is 11.8 Å². The van der Waals surface area contributed by atoms with Crippen LogP contribution in [0.1, 0.15) is 36.2 Å². The van der Waals surface area contributed by atoms with Crippen molar-refractivity contribution in [3.8, 4) is 5.75 Å². The van der Waals surface area contributed by atoms with E-state index in [2.05, 4.69) is 15.6 Å². The average Bonchev–Trinajstić information content (AvgIpc) is 2.71. The van der Waals surface area contributed by atoms with E-state index in [1.165, 1.54) is 24.3 Å². The summed E-state index contributed by atoms with van der Waals surface area (Å²) in [6.45, 7) is 5.24. The first kappa shape index (κ1) is 22.4. The van der Waals surface area contributed by atoms with Gasteiger partial charge in [-0.25, -0.2) is 13.1 Å². The summed E-state index contributed by atoms with van der Waals surface area (Å²) in [4.78, 5) is 24.0. The van der Waals surface area contributed by atoms with Gasteiger partial charge < -0.3 is 4.74 Å². The predicted octanol–water partition coefficient (Wildman–Crippen LogP) is 1.91. The number of para-hydroxylation sites is 1. The van der Waals surface area contributed by atoms with Crippen molar-refractivity contribution < 1.29 is 22.7 Å². The van der Waals surface area contributed by atoms with Crippen molar-refractivity contribution in [1.29, 1.82) is 0 Å². The zero-order chi connectivity index (χ0) is 21.4. The van der Waals surface area contributed by atoms with Crippen LogP contribution in [0.3, 0.4) is 0 Å². The predicted molar refractivity (Wildman–Crippen MR) is 109 cm³/mol. The Morgan fingerprint density at radius 1 is 1.03 bits per heavy atom. The van der Waals surface area contributed by atoms with E-state index in [4.69, 9.17) is 4.74 Å². The number of nitrogens with one attached hydrogen (secondary N) is 3. The summed E-state index contributed by atoms with van der Waals surface area (Å²) in [5.74, 6) is -0.525. The average molecular weight is 420 g/mol. The third-order valence-electron chi connectivity index (χ3n) is 4.16. The topological polar surface area (TPSA) is 114 Å². The fourth-order valence-corrected chi connectivity index (χ4v) is 3.62. The Balaban J connectivity index is 1.87. The van der Waals surface area contributed by atoms with Gasteiger partial charge in [-0.05, 0) is 56.2 Å². The molecule has 2 aromatic carbocycles. The van der Waals surface area contributed by atoms with Crippen LogP contribution in [-0.4, -0.2) is 32.9 Å². The number of carbonyl (C=O) groups excluding carboxylic acids is 2. The van der Waals surface area contributed by atoms with E-state index < -0.39 is 21.8 Å². The molecular weight excluding hydrogens is 394 g/mol. The molecule has 2 amide bonds. The lowest BCUT2D eigenvalue weighted by molar-refractivity contribution is -0.123. The molecule has 2 rings (SSSR count). The van der Waals surface area contributed by atoms with Crippen LogP contribution in [0.2, 0.25) is 0 Å². The first-order valence-corrected chi connectivity index (χ1v) is 10.6. The molecule has 0 aliphatic carbocycles. The largest absolute Gasteiger partial charge is 0.483 e. The van der Waals surface area contributed by atoms with Gasteiger partial charge in [-0.3, -0.25) is 20.4 Å². The second-order valence-corrected chi connectivity index (χ2v) is 8.23. The number of hydrogen-bond donors (Lipinski definition) is 3. The fourth-order valence-electron chi connectivity index (χ4n) is 2.30. The van der Waals surface area contributed by atoms with E-state index in [0.717, 1.165) is 5.56 Å². The smallest absolute Gasteiger partial charge is 0.276 e. The summed E-state index contributed by atoms with van der Waals surface area (Å²) < 4.78 is 32.4. The summed E-state index contributed by atoms with van der Waals surface area (Å²) in [7, 11) is -3.65. The molecule has 0 fully saturated rings. The molecule has 0 bridgehead atoms. The van der Waals surface area contributed by atoms with Crippen LogP contribution in [0.5, 0.6) is 5.75 Å². The van der Waals surface area contributed by atoms with Crippen molar-refractivity contribution in [2.24, 2.45) is 0 Å². The minimum Gasteiger partial charge on any atom is -0.483 e. The van der Waals surface area contributed by atoms with Gasteiger partial charge in [-0.2, -0.15) is 0 Å². The van der Waals surface area contributed by atoms with Gasteiger partial charge in [0.15, 0.2) is 6.61 Å². The third-order valence-corrected chi connectivity index (χ3v) is 5.77. The maximum Gasteiger partial charge on any atom is 0.276 e. The van der Waals surface area contributed by atoms with Gasteiger partial charge in [0.2, 0.25) is 10.0 Å². The van der Waals surface area contributed by atoms with Crippen molar-refractivity contribution in [2.45, 2.75) is 38.1 Å². The molecule has 2 aromatic rings. The standard InChI is InChI=1S/C20H25N3O5S/c1-4-15(3)23-29(26,27)17-11-9-16(10-12-17)20(25)22-21-19(24)13-28-18-8-6-5-7-14(18)2/h5-12,15,23H,4,13H2,1-3H3,(H,21,24)(H,22,25)/t15-/m0/s1. The number of benzene rings is 2. The summed E-state index contributed by atoms with van der Waals surface area (Å²) in [6.07, 6.45) is 0.660. The molecule has 0 aliphatic rings. The van der Waals surface area contributed by atoms with E-state index in [1.54, 1.807) is 19.1 Å². The lowest BCUT2D eigenvalue weighted by atomic mass is 10.2. The van der Waals surface area contributed by atoms with Crippen molar-refractivity contribution in [3.63, 3.8) is 0 Å². The molecule has 29 heavy (non-hydrogen) atoms. The highest BCUT2D eigenvalue weighted by atomic mass is 32.2. The molecule has 3 N–H and O–H groups in total. The van der Waals surface area contributed by atoms with Crippen molar-refractivity contribution in [2.75, 3.05) is 6.61 Å². The molecule has 0 unspecified atom stereocenters. The van der Waals surface area contributed by atoms with Crippen LogP contribution in [0, 0.1) is 6.92 Å². The van der Waals surface area contributed by atoms with E-state index in [9.17, 15) is 18.0 Å². The van der Waals surface area contributed by atoms with Crippen molar-refractivity contribution in [3.05, 3.63) is 59.7 Å². The molecule has 0 spiro atoms. The molecule has 1 atom stereocenters. The van der Waals surface area contributed by atoms with Crippen LogP contribution in [0.25, 0.3) is 0 Å². The maximum atomic E-state index is 12.2. The van der Waals surface area contributed by atoms with Gasteiger partial charge in [-0.1, -0.05) is 25.1 Å². The van der Waals surface area contributed by atoms with Gasteiger partial charge in [0, 0.05) is 11.6 Å². The molecule has 0 heterocycles. The Hall–Kier alpha value is -2.91. The number of carbonyl (C=O) groups is 2. The normalized spacial score (nSPS) is 12.1.